The number of benzene rings is 1. The van der Waals surface area contributed by atoms with Crippen molar-refractivity contribution in [3.05, 3.63) is 42.0 Å². The summed E-state index contributed by atoms with van der Waals surface area (Å²) in [6.45, 7) is 7.77. The zero-order valence-electron chi connectivity index (χ0n) is 9.56. The summed E-state index contributed by atoms with van der Waals surface area (Å²) in [4.78, 5) is 10.8. The molecule has 0 heterocycles. The number of carbonyl (C=O) groups is 1. The Morgan fingerprint density at radius 1 is 1.44 bits per heavy atom. The summed E-state index contributed by atoms with van der Waals surface area (Å²) in [5.41, 5.74) is 1.72. The van der Waals surface area contributed by atoms with E-state index in [1.54, 1.807) is 31.2 Å². The molecule has 0 aliphatic heterocycles. The van der Waals surface area contributed by atoms with Gasteiger partial charge in [0.1, 0.15) is 12.4 Å². The molecule has 0 fully saturated rings. The molecule has 0 saturated carbocycles. The summed E-state index contributed by atoms with van der Waals surface area (Å²) in [5, 5.41) is 8.84. The SMILES string of the molecule is C=C(C)COc1ccc(C(C)C(=O)O)cc1. The lowest BCUT2D eigenvalue weighted by atomic mass is 10.0. The Bertz CT molecular complexity index is 379. The second kappa shape index (κ2) is 5.35. The third-order valence-corrected chi connectivity index (χ3v) is 2.24. The van der Waals surface area contributed by atoms with E-state index in [-0.39, 0.29) is 0 Å². The van der Waals surface area contributed by atoms with E-state index in [2.05, 4.69) is 6.58 Å². The second-order valence-electron chi connectivity index (χ2n) is 3.87. The van der Waals surface area contributed by atoms with Crippen molar-refractivity contribution in [1.82, 2.24) is 0 Å². The number of carboxylic acids is 1. The summed E-state index contributed by atoms with van der Waals surface area (Å²) in [6.07, 6.45) is 0. The van der Waals surface area contributed by atoms with Crippen molar-refractivity contribution in [1.29, 1.82) is 0 Å². The van der Waals surface area contributed by atoms with Crippen molar-refractivity contribution in [3.63, 3.8) is 0 Å². The molecule has 1 atom stereocenters. The minimum atomic E-state index is -0.824. The van der Waals surface area contributed by atoms with Crippen LogP contribution >= 0.6 is 0 Å². The summed E-state index contributed by atoms with van der Waals surface area (Å²) in [6, 6.07) is 7.09. The lowest BCUT2D eigenvalue weighted by Crippen LogP contribution is -2.07. The molecule has 0 aromatic heterocycles. The van der Waals surface area contributed by atoms with E-state index in [9.17, 15) is 4.79 Å². The van der Waals surface area contributed by atoms with Crippen LogP contribution in [0.25, 0.3) is 0 Å². The molecule has 1 unspecified atom stereocenters. The Hall–Kier alpha value is -1.77. The van der Waals surface area contributed by atoms with E-state index in [0.29, 0.717) is 6.61 Å². The molecule has 0 spiro atoms. The molecular formula is C13H16O3. The summed E-state index contributed by atoms with van der Waals surface area (Å²) in [7, 11) is 0. The molecule has 16 heavy (non-hydrogen) atoms. The molecule has 0 aliphatic rings. The molecule has 1 rings (SSSR count). The van der Waals surface area contributed by atoms with Crippen molar-refractivity contribution in [2.45, 2.75) is 19.8 Å². The van der Waals surface area contributed by atoms with Gasteiger partial charge in [0.05, 0.1) is 5.92 Å². The van der Waals surface area contributed by atoms with Crippen LogP contribution < -0.4 is 4.74 Å². The highest BCUT2D eigenvalue weighted by atomic mass is 16.5. The number of ether oxygens (including phenoxy) is 1. The normalized spacial score (nSPS) is 11.9. The van der Waals surface area contributed by atoms with Crippen molar-refractivity contribution in [3.8, 4) is 5.75 Å². The van der Waals surface area contributed by atoms with Gasteiger partial charge in [0.2, 0.25) is 0 Å². The summed E-state index contributed by atoms with van der Waals surface area (Å²) < 4.78 is 5.42. The number of rotatable bonds is 5. The zero-order valence-corrected chi connectivity index (χ0v) is 9.56. The highest BCUT2D eigenvalue weighted by Gasteiger charge is 2.12. The van der Waals surface area contributed by atoms with Crippen LogP contribution in [0.4, 0.5) is 0 Å². The Morgan fingerprint density at radius 2 is 2.00 bits per heavy atom. The van der Waals surface area contributed by atoms with Gasteiger partial charge in [0, 0.05) is 0 Å². The Labute approximate surface area is 95.4 Å². The third kappa shape index (κ3) is 3.42. The fourth-order valence-electron chi connectivity index (χ4n) is 1.20. The van der Waals surface area contributed by atoms with Crippen LogP contribution in [0, 0.1) is 0 Å². The molecule has 0 aliphatic carbocycles. The van der Waals surface area contributed by atoms with E-state index in [1.165, 1.54) is 0 Å². The maximum Gasteiger partial charge on any atom is 0.310 e. The maximum atomic E-state index is 10.8. The third-order valence-electron chi connectivity index (χ3n) is 2.24. The lowest BCUT2D eigenvalue weighted by Gasteiger charge is -2.09. The van der Waals surface area contributed by atoms with Crippen LogP contribution in [-0.2, 0) is 4.79 Å². The molecule has 1 N–H and O–H groups in total. The van der Waals surface area contributed by atoms with Gasteiger partial charge in [0.15, 0.2) is 0 Å². The standard InChI is InChI=1S/C13H16O3/c1-9(2)8-16-12-6-4-11(5-7-12)10(3)13(14)15/h4-7,10H,1,8H2,2-3H3,(H,14,15). The van der Waals surface area contributed by atoms with E-state index in [1.807, 2.05) is 6.92 Å². The van der Waals surface area contributed by atoms with Gasteiger partial charge >= 0.3 is 5.97 Å². The molecule has 0 saturated heterocycles. The van der Waals surface area contributed by atoms with Crippen molar-refractivity contribution in [2.24, 2.45) is 0 Å². The van der Waals surface area contributed by atoms with Crippen molar-refractivity contribution in [2.75, 3.05) is 6.61 Å². The van der Waals surface area contributed by atoms with Gasteiger partial charge in [-0.25, -0.2) is 0 Å². The molecule has 0 amide bonds. The molecule has 86 valence electrons. The van der Waals surface area contributed by atoms with Gasteiger partial charge in [-0.1, -0.05) is 18.7 Å². The lowest BCUT2D eigenvalue weighted by molar-refractivity contribution is -0.138. The average molecular weight is 220 g/mol. The summed E-state index contributed by atoms with van der Waals surface area (Å²) in [5.74, 6) is -0.588. The number of aliphatic carboxylic acids is 1. The fraction of sp³-hybridized carbons (Fsp3) is 0.308. The number of hydrogen-bond donors (Lipinski definition) is 1. The van der Waals surface area contributed by atoms with Crippen LogP contribution in [0.3, 0.4) is 0 Å². The fourth-order valence-corrected chi connectivity index (χ4v) is 1.20. The minimum Gasteiger partial charge on any atom is -0.489 e. The molecule has 3 nitrogen and oxygen atoms in total. The first kappa shape index (κ1) is 12.3. The van der Waals surface area contributed by atoms with Crippen LogP contribution in [-0.4, -0.2) is 17.7 Å². The van der Waals surface area contributed by atoms with Gasteiger partial charge in [0.25, 0.3) is 0 Å². The first-order valence-corrected chi connectivity index (χ1v) is 5.10. The van der Waals surface area contributed by atoms with Crippen LogP contribution in [0.5, 0.6) is 5.75 Å². The van der Waals surface area contributed by atoms with Gasteiger partial charge < -0.3 is 9.84 Å². The van der Waals surface area contributed by atoms with Gasteiger partial charge in [-0.05, 0) is 37.1 Å². The average Bonchev–Trinajstić information content (AvgIpc) is 2.26. The zero-order chi connectivity index (χ0) is 12.1. The van der Waals surface area contributed by atoms with E-state index >= 15 is 0 Å². The molecular weight excluding hydrogens is 204 g/mol. The quantitative estimate of drug-likeness (QED) is 0.776. The Balaban J connectivity index is 2.67. The minimum absolute atomic E-state index is 0.480. The monoisotopic (exact) mass is 220 g/mol. The first-order valence-electron chi connectivity index (χ1n) is 5.10. The maximum absolute atomic E-state index is 10.8. The number of carboxylic acid groups (broad SMARTS) is 1. The number of hydrogen-bond acceptors (Lipinski definition) is 2. The van der Waals surface area contributed by atoms with Crippen LogP contribution in [0.15, 0.2) is 36.4 Å². The largest absolute Gasteiger partial charge is 0.489 e. The smallest absolute Gasteiger partial charge is 0.310 e. The molecule has 1 aromatic rings. The second-order valence-corrected chi connectivity index (χ2v) is 3.87. The summed E-state index contributed by atoms with van der Waals surface area (Å²) >= 11 is 0. The highest BCUT2D eigenvalue weighted by Crippen LogP contribution is 2.19. The molecule has 1 aromatic carbocycles. The van der Waals surface area contributed by atoms with E-state index < -0.39 is 11.9 Å². The van der Waals surface area contributed by atoms with Gasteiger partial charge in [-0.2, -0.15) is 0 Å². The van der Waals surface area contributed by atoms with Crippen molar-refractivity contribution < 1.29 is 14.6 Å². The predicted molar refractivity (Wildman–Crippen MR) is 62.8 cm³/mol. The van der Waals surface area contributed by atoms with E-state index in [4.69, 9.17) is 9.84 Å². The van der Waals surface area contributed by atoms with Gasteiger partial charge in [-0.15, -0.1) is 0 Å². The van der Waals surface area contributed by atoms with Crippen molar-refractivity contribution >= 4 is 5.97 Å². The molecule has 0 bridgehead atoms. The van der Waals surface area contributed by atoms with Gasteiger partial charge in [-0.3, -0.25) is 4.79 Å². The van der Waals surface area contributed by atoms with Crippen LogP contribution in [0.2, 0.25) is 0 Å². The Morgan fingerprint density at radius 3 is 2.44 bits per heavy atom. The Kier molecular flexibility index (Phi) is 4.11. The molecule has 3 heteroatoms. The van der Waals surface area contributed by atoms with Crippen LogP contribution in [0.1, 0.15) is 25.3 Å². The predicted octanol–water partition coefficient (Wildman–Crippen LogP) is 2.83. The first-order chi connectivity index (χ1) is 7.50. The van der Waals surface area contributed by atoms with E-state index in [0.717, 1.165) is 16.9 Å². The highest BCUT2D eigenvalue weighted by molar-refractivity contribution is 5.75. The molecule has 0 radical (unpaired) electrons. The topological polar surface area (TPSA) is 46.5 Å².